The van der Waals surface area contributed by atoms with E-state index in [4.69, 9.17) is 13.9 Å². The number of nitrogens with zero attached hydrogens (tertiary/aromatic N) is 2. The maximum Gasteiger partial charge on any atom is 0.330 e. The number of hydrogen-bond donors (Lipinski definition) is 1. The molecule has 2 heterocycles. The molecule has 2 aliphatic rings. The van der Waals surface area contributed by atoms with Crippen molar-refractivity contribution in [1.29, 1.82) is 0 Å². The molecular formula is C32H33F2N3O5. The molecule has 8 nitrogen and oxygen atoms in total. The predicted octanol–water partition coefficient (Wildman–Crippen LogP) is 6.44. The summed E-state index contributed by atoms with van der Waals surface area (Å²) in [6.07, 6.45) is 2.27. The minimum absolute atomic E-state index is 0.000387. The second kappa shape index (κ2) is 11.8. The first-order valence-corrected chi connectivity index (χ1v) is 14.4. The number of anilines is 2. The van der Waals surface area contributed by atoms with Crippen molar-refractivity contribution < 1.29 is 32.3 Å². The summed E-state index contributed by atoms with van der Waals surface area (Å²) in [5.41, 5.74) is 0.910. The molecule has 4 aromatic rings. The van der Waals surface area contributed by atoms with Crippen LogP contribution >= 0.6 is 0 Å². The van der Waals surface area contributed by atoms with Gasteiger partial charge in [-0.1, -0.05) is 42.5 Å². The summed E-state index contributed by atoms with van der Waals surface area (Å²) in [5.74, 6) is -4.87. The molecular weight excluding hydrogens is 544 g/mol. The van der Waals surface area contributed by atoms with Crippen molar-refractivity contribution in [1.82, 2.24) is 9.88 Å². The molecule has 1 saturated heterocycles. The van der Waals surface area contributed by atoms with Gasteiger partial charge in [0.25, 0.3) is 6.01 Å². The maximum atomic E-state index is 16.6. The quantitative estimate of drug-likeness (QED) is 0.179. The van der Waals surface area contributed by atoms with Crippen LogP contribution in [-0.2, 0) is 25.5 Å². The van der Waals surface area contributed by atoms with Gasteiger partial charge in [0.15, 0.2) is 11.4 Å². The lowest BCUT2D eigenvalue weighted by Crippen LogP contribution is -2.54. The standard InChI is InChI=1S/C32H33F2N3O5/c1-40-30(39)21-11-14-23(15-12-21)42-32(34,37-17-4-5-18-37)27(38)19-22-13-16-26-29(28(22)33)41-31(36-26)35-25-10-6-8-20-7-2-3-9-24(20)25/h2-3,6-10,13,16,21,23H,4-5,11-12,14-15,17-19H2,1H3,(H,35,36). The zero-order chi connectivity index (χ0) is 29.3. The van der Waals surface area contributed by atoms with Crippen LogP contribution in [0.25, 0.3) is 21.9 Å². The Labute approximate surface area is 242 Å². The van der Waals surface area contributed by atoms with E-state index < -0.39 is 30.1 Å². The fourth-order valence-corrected chi connectivity index (χ4v) is 6.05. The highest BCUT2D eigenvalue weighted by Gasteiger charge is 2.49. The van der Waals surface area contributed by atoms with E-state index in [0.29, 0.717) is 38.8 Å². The van der Waals surface area contributed by atoms with E-state index in [1.54, 1.807) is 6.07 Å². The molecule has 0 radical (unpaired) electrons. The molecule has 2 fully saturated rings. The first-order valence-electron chi connectivity index (χ1n) is 14.4. The third-order valence-corrected chi connectivity index (χ3v) is 8.35. The van der Waals surface area contributed by atoms with Gasteiger partial charge in [0.05, 0.1) is 24.8 Å². The zero-order valence-electron chi connectivity index (χ0n) is 23.4. The highest BCUT2D eigenvalue weighted by Crippen LogP contribution is 2.36. The van der Waals surface area contributed by atoms with E-state index in [1.165, 1.54) is 18.1 Å². The number of oxazole rings is 1. The van der Waals surface area contributed by atoms with E-state index >= 15 is 8.78 Å². The van der Waals surface area contributed by atoms with Gasteiger partial charge in [0.2, 0.25) is 5.78 Å². The third kappa shape index (κ3) is 5.48. The Morgan fingerprint density at radius 3 is 2.55 bits per heavy atom. The first kappa shape index (κ1) is 28.2. The van der Waals surface area contributed by atoms with Gasteiger partial charge >= 0.3 is 11.9 Å². The van der Waals surface area contributed by atoms with Crippen molar-refractivity contribution in [2.75, 3.05) is 25.5 Å². The summed E-state index contributed by atoms with van der Waals surface area (Å²) >= 11 is 0. The van der Waals surface area contributed by atoms with Crippen LogP contribution in [0.5, 0.6) is 0 Å². The smallest absolute Gasteiger partial charge is 0.330 e. The van der Waals surface area contributed by atoms with Crippen LogP contribution in [0.2, 0.25) is 0 Å². The van der Waals surface area contributed by atoms with Gasteiger partial charge in [-0.25, -0.2) is 9.29 Å². The monoisotopic (exact) mass is 577 g/mol. The van der Waals surface area contributed by atoms with Crippen LogP contribution in [-0.4, -0.2) is 53.9 Å². The number of ketones is 1. The number of hydrogen-bond acceptors (Lipinski definition) is 8. The van der Waals surface area contributed by atoms with Gasteiger partial charge in [0, 0.05) is 24.9 Å². The number of aromatic nitrogens is 1. The second-order valence-electron chi connectivity index (χ2n) is 11.0. The molecule has 1 saturated carbocycles. The maximum absolute atomic E-state index is 16.6. The molecule has 0 amide bonds. The number of esters is 1. The van der Waals surface area contributed by atoms with Crippen molar-refractivity contribution in [3.05, 3.63) is 66.0 Å². The summed E-state index contributed by atoms with van der Waals surface area (Å²) in [6, 6.07) is 16.7. The van der Waals surface area contributed by atoms with Crippen LogP contribution in [0.3, 0.4) is 0 Å². The van der Waals surface area contributed by atoms with Crippen LogP contribution in [0, 0.1) is 11.7 Å². The number of fused-ring (bicyclic) bond motifs is 2. The predicted molar refractivity (Wildman–Crippen MR) is 153 cm³/mol. The van der Waals surface area contributed by atoms with Crippen LogP contribution in [0.15, 0.2) is 59.0 Å². The number of benzene rings is 3. The molecule has 0 spiro atoms. The van der Waals surface area contributed by atoms with E-state index in [1.807, 2.05) is 42.5 Å². The largest absolute Gasteiger partial charge is 0.469 e. The molecule has 1 aromatic heterocycles. The van der Waals surface area contributed by atoms with Gasteiger partial charge in [-0.2, -0.15) is 9.37 Å². The topological polar surface area (TPSA) is 93.9 Å². The number of nitrogens with one attached hydrogen (secondary N) is 1. The van der Waals surface area contributed by atoms with E-state index in [2.05, 4.69) is 10.3 Å². The number of Topliss-reactive ketones (excluding diaryl/α,β-unsaturated/α-hetero) is 1. The van der Waals surface area contributed by atoms with Crippen LogP contribution in [0.4, 0.5) is 20.5 Å². The summed E-state index contributed by atoms with van der Waals surface area (Å²) in [5, 5.41) is 5.10. The van der Waals surface area contributed by atoms with E-state index in [-0.39, 0.29) is 34.6 Å². The molecule has 220 valence electrons. The SMILES string of the molecule is COC(=O)C1CCC(OC(F)(C(=O)Cc2ccc3nc(Nc4cccc5ccccc45)oc3c2F)N2CCCC2)CC1. The lowest BCUT2D eigenvalue weighted by Gasteiger charge is -2.37. The third-order valence-electron chi connectivity index (χ3n) is 8.35. The summed E-state index contributed by atoms with van der Waals surface area (Å²) < 4.78 is 48.7. The van der Waals surface area contributed by atoms with E-state index in [0.717, 1.165) is 29.3 Å². The molecule has 1 unspecified atom stereocenters. The lowest BCUT2D eigenvalue weighted by atomic mass is 9.87. The van der Waals surface area contributed by atoms with Crippen molar-refractivity contribution in [2.24, 2.45) is 5.92 Å². The molecule has 10 heteroatoms. The van der Waals surface area contributed by atoms with Crippen molar-refractivity contribution in [3.8, 4) is 0 Å². The fraction of sp³-hybridized carbons (Fsp3) is 0.406. The second-order valence-corrected chi connectivity index (χ2v) is 11.0. The van der Waals surface area contributed by atoms with Crippen molar-refractivity contribution in [3.63, 3.8) is 0 Å². The Morgan fingerprint density at radius 1 is 1.05 bits per heavy atom. The Kier molecular flexibility index (Phi) is 7.92. The molecule has 42 heavy (non-hydrogen) atoms. The minimum Gasteiger partial charge on any atom is -0.469 e. The Bertz CT molecular complexity index is 1610. The number of ether oxygens (including phenoxy) is 2. The molecule has 1 aliphatic carbocycles. The average Bonchev–Trinajstić information content (AvgIpc) is 3.70. The number of alkyl halides is 1. The highest BCUT2D eigenvalue weighted by atomic mass is 19.2. The molecule has 3 aromatic carbocycles. The van der Waals surface area contributed by atoms with Crippen molar-refractivity contribution in [2.45, 2.75) is 57.0 Å². The lowest BCUT2D eigenvalue weighted by molar-refractivity contribution is -0.252. The Morgan fingerprint density at radius 2 is 1.79 bits per heavy atom. The zero-order valence-corrected chi connectivity index (χ0v) is 23.4. The molecule has 0 bridgehead atoms. The first-order chi connectivity index (χ1) is 20.4. The summed E-state index contributed by atoms with van der Waals surface area (Å²) in [4.78, 5) is 31.2. The Balaban J connectivity index is 1.21. The molecule has 6 rings (SSSR count). The molecule has 1 N–H and O–H groups in total. The van der Waals surface area contributed by atoms with Crippen LogP contribution < -0.4 is 5.32 Å². The van der Waals surface area contributed by atoms with Gasteiger partial charge in [-0.3, -0.25) is 9.59 Å². The number of carbonyl (C=O) groups excluding carboxylic acids is 2. The van der Waals surface area contributed by atoms with Gasteiger partial charge in [0.1, 0.15) is 5.52 Å². The van der Waals surface area contributed by atoms with Gasteiger partial charge in [-0.15, -0.1) is 0 Å². The number of carbonyl (C=O) groups is 2. The normalized spacial score (nSPS) is 20.9. The number of rotatable bonds is 9. The minimum atomic E-state index is -2.69. The highest BCUT2D eigenvalue weighted by molar-refractivity contribution is 5.95. The Hall–Kier alpha value is -3.89. The molecule has 1 atom stereocenters. The summed E-state index contributed by atoms with van der Waals surface area (Å²) in [7, 11) is 1.35. The number of methoxy groups -OCH3 is 1. The van der Waals surface area contributed by atoms with Crippen LogP contribution in [0.1, 0.15) is 44.1 Å². The van der Waals surface area contributed by atoms with Crippen molar-refractivity contribution >= 4 is 45.3 Å². The fourth-order valence-electron chi connectivity index (χ4n) is 6.05. The van der Waals surface area contributed by atoms with E-state index in [9.17, 15) is 9.59 Å². The van der Waals surface area contributed by atoms with Gasteiger partial charge < -0.3 is 19.2 Å². The summed E-state index contributed by atoms with van der Waals surface area (Å²) in [6.45, 7) is 0.735. The number of halogens is 2. The van der Waals surface area contributed by atoms with Gasteiger partial charge in [-0.05, 0) is 61.6 Å². The average molecular weight is 578 g/mol. The molecule has 1 aliphatic heterocycles. The number of likely N-dealkylation sites (tertiary alicyclic amines) is 1.